The first-order chi connectivity index (χ1) is 10.7. The summed E-state index contributed by atoms with van der Waals surface area (Å²) in [5, 5.41) is 17.3. The number of aliphatic imine (C=N–C) groups is 1. The molecule has 0 amide bonds. The Kier molecular flexibility index (Phi) is 14.1. The molecule has 0 aromatic heterocycles. The van der Waals surface area contributed by atoms with E-state index in [1.54, 1.807) is 12.1 Å². The van der Waals surface area contributed by atoms with Crippen LogP contribution >= 0.6 is 47.3 Å². The second-order valence-electron chi connectivity index (χ2n) is 4.91. The normalized spacial score (nSPS) is 12.4. The van der Waals surface area contributed by atoms with Gasteiger partial charge in [-0.15, -0.1) is 24.0 Å². The van der Waals surface area contributed by atoms with Gasteiger partial charge >= 0.3 is 0 Å². The molecule has 1 rings (SSSR count). The lowest BCUT2D eigenvalue weighted by Crippen LogP contribution is -2.38. The zero-order chi connectivity index (χ0) is 16.2. The van der Waals surface area contributed by atoms with Gasteiger partial charge in [0.05, 0.1) is 12.6 Å². The summed E-state index contributed by atoms with van der Waals surface area (Å²) in [6, 6.07) is 7.20. The highest BCUT2D eigenvalue weighted by atomic mass is 127. The Bertz CT molecular complexity index is 445. The maximum atomic E-state index is 10.2. The van der Waals surface area contributed by atoms with E-state index in [2.05, 4.69) is 21.9 Å². The van der Waals surface area contributed by atoms with Crippen LogP contribution in [0.2, 0.25) is 5.02 Å². The second kappa shape index (κ2) is 14.2. The fourth-order valence-corrected chi connectivity index (χ4v) is 2.51. The second-order valence-corrected chi connectivity index (χ2v) is 6.34. The molecule has 0 saturated heterocycles. The van der Waals surface area contributed by atoms with Crippen LogP contribution in [0.5, 0.6) is 0 Å². The number of benzene rings is 1. The molecule has 0 heterocycles. The summed E-state index contributed by atoms with van der Waals surface area (Å²) in [6.45, 7) is 4.04. The van der Waals surface area contributed by atoms with Crippen LogP contribution in [0.3, 0.4) is 0 Å². The SMILES string of the molecule is CCNC(=NCC(O)c1ccc(Cl)cc1)NCCCCSC.I. The molecule has 0 radical (unpaired) electrons. The first-order valence-electron chi connectivity index (χ1n) is 7.62. The van der Waals surface area contributed by atoms with E-state index in [4.69, 9.17) is 11.6 Å². The van der Waals surface area contributed by atoms with E-state index in [1.807, 2.05) is 30.8 Å². The lowest BCUT2D eigenvalue weighted by molar-refractivity contribution is 0.187. The third-order valence-electron chi connectivity index (χ3n) is 3.09. The van der Waals surface area contributed by atoms with Gasteiger partial charge in [-0.2, -0.15) is 11.8 Å². The summed E-state index contributed by atoms with van der Waals surface area (Å²) in [7, 11) is 0. The van der Waals surface area contributed by atoms with E-state index in [0.29, 0.717) is 11.6 Å². The molecule has 1 atom stereocenters. The number of nitrogens with one attached hydrogen (secondary N) is 2. The Morgan fingerprint density at radius 2 is 1.96 bits per heavy atom. The van der Waals surface area contributed by atoms with Crippen LogP contribution in [0.4, 0.5) is 0 Å². The summed E-state index contributed by atoms with van der Waals surface area (Å²) >= 11 is 7.72. The molecule has 4 nitrogen and oxygen atoms in total. The fraction of sp³-hybridized carbons (Fsp3) is 0.562. The third-order valence-corrected chi connectivity index (χ3v) is 4.04. The average Bonchev–Trinajstić information content (AvgIpc) is 2.52. The van der Waals surface area contributed by atoms with Crippen LogP contribution in [0, 0.1) is 0 Å². The number of rotatable bonds is 9. The van der Waals surface area contributed by atoms with Crippen molar-refractivity contribution >= 4 is 53.3 Å². The van der Waals surface area contributed by atoms with Crippen LogP contribution in [0.15, 0.2) is 29.3 Å². The number of aliphatic hydroxyl groups is 1. The Labute approximate surface area is 165 Å². The maximum Gasteiger partial charge on any atom is 0.191 e. The number of unbranched alkanes of at least 4 members (excludes halogenated alkanes) is 1. The molecule has 132 valence electrons. The number of halogens is 2. The van der Waals surface area contributed by atoms with E-state index < -0.39 is 6.10 Å². The molecule has 23 heavy (non-hydrogen) atoms. The lowest BCUT2D eigenvalue weighted by Gasteiger charge is -2.13. The van der Waals surface area contributed by atoms with Gasteiger partial charge in [-0.05, 0) is 49.5 Å². The van der Waals surface area contributed by atoms with Crippen molar-refractivity contribution in [1.82, 2.24) is 10.6 Å². The predicted molar refractivity (Wildman–Crippen MR) is 113 cm³/mol. The molecule has 0 saturated carbocycles. The predicted octanol–water partition coefficient (Wildman–Crippen LogP) is 3.69. The summed E-state index contributed by atoms with van der Waals surface area (Å²) in [5.74, 6) is 1.93. The lowest BCUT2D eigenvalue weighted by atomic mass is 10.1. The highest BCUT2D eigenvalue weighted by Crippen LogP contribution is 2.16. The molecule has 0 aliphatic heterocycles. The minimum absolute atomic E-state index is 0. The van der Waals surface area contributed by atoms with Crippen LogP contribution < -0.4 is 10.6 Å². The molecule has 0 aliphatic rings. The third kappa shape index (κ3) is 10.3. The minimum atomic E-state index is -0.621. The molecule has 0 bridgehead atoms. The quantitative estimate of drug-likeness (QED) is 0.222. The number of aliphatic hydroxyl groups excluding tert-OH is 1. The van der Waals surface area contributed by atoms with Gasteiger partial charge in [0.1, 0.15) is 0 Å². The Balaban J connectivity index is 0.00000484. The molecule has 1 aromatic carbocycles. The Morgan fingerprint density at radius 3 is 2.57 bits per heavy atom. The van der Waals surface area contributed by atoms with Crippen LogP contribution in [-0.2, 0) is 0 Å². The molecular weight excluding hydrogens is 445 g/mol. The van der Waals surface area contributed by atoms with Gasteiger partial charge in [-0.1, -0.05) is 23.7 Å². The number of hydrogen-bond donors (Lipinski definition) is 3. The van der Waals surface area contributed by atoms with E-state index in [1.165, 1.54) is 12.2 Å². The fourth-order valence-electron chi connectivity index (χ4n) is 1.89. The number of hydrogen-bond acceptors (Lipinski definition) is 3. The molecular formula is C16H27ClIN3OS. The van der Waals surface area contributed by atoms with E-state index in [-0.39, 0.29) is 24.0 Å². The molecule has 3 N–H and O–H groups in total. The van der Waals surface area contributed by atoms with Crippen molar-refractivity contribution in [2.75, 3.05) is 31.6 Å². The van der Waals surface area contributed by atoms with Gasteiger partial charge in [0.2, 0.25) is 0 Å². The van der Waals surface area contributed by atoms with Crippen molar-refractivity contribution in [3.8, 4) is 0 Å². The molecule has 0 fully saturated rings. The van der Waals surface area contributed by atoms with Crippen molar-refractivity contribution in [1.29, 1.82) is 0 Å². The van der Waals surface area contributed by atoms with Gasteiger partial charge in [-0.25, -0.2) is 0 Å². The summed E-state index contributed by atoms with van der Waals surface area (Å²) in [6.07, 6.45) is 3.81. The minimum Gasteiger partial charge on any atom is -0.386 e. The van der Waals surface area contributed by atoms with Gasteiger partial charge in [0.25, 0.3) is 0 Å². The number of thioether (sulfide) groups is 1. The first kappa shape index (κ1) is 22.8. The van der Waals surface area contributed by atoms with E-state index >= 15 is 0 Å². The summed E-state index contributed by atoms with van der Waals surface area (Å²) < 4.78 is 0. The zero-order valence-electron chi connectivity index (χ0n) is 13.7. The molecule has 1 aromatic rings. The molecule has 0 aliphatic carbocycles. The average molecular weight is 472 g/mol. The first-order valence-corrected chi connectivity index (χ1v) is 9.39. The Morgan fingerprint density at radius 1 is 1.26 bits per heavy atom. The summed E-state index contributed by atoms with van der Waals surface area (Å²) in [5.41, 5.74) is 0.823. The number of guanidine groups is 1. The van der Waals surface area contributed by atoms with Gasteiger partial charge in [0, 0.05) is 18.1 Å². The summed E-state index contributed by atoms with van der Waals surface area (Å²) in [4.78, 5) is 4.44. The van der Waals surface area contributed by atoms with Crippen molar-refractivity contribution in [3.05, 3.63) is 34.9 Å². The van der Waals surface area contributed by atoms with E-state index in [0.717, 1.165) is 31.0 Å². The van der Waals surface area contributed by atoms with Crippen molar-refractivity contribution < 1.29 is 5.11 Å². The van der Waals surface area contributed by atoms with Crippen LogP contribution in [0.1, 0.15) is 31.4 Å². The van der Waals surface area contributed by atoms with Gasteiger partial charge in [-0.3, -0.25) is 4.99 Å². The van der Waals surface area contributed by atoms with Gasteiger partial charge < -0.3 is 15.7 Å². The van der Waals surface area contributed by atoms with Crippen LogP contribution in [-0.4, -0.2) is 42.7 Å². The zero-order valence-corrected chi connectivity index (χ0v) is 17.6. The highest BCUT2D eigenvalue weighted by molar-refractivity contribution is 14.0. The van der Waals surface area contributed by atoms with E-state index in [9.17, 15) is 5.11 Å². The highest BCUT2D eigenvalue weighted by Gasteiger charge is 2.07. The maximum absolute atomic E-state index is 10.2. The van der Waals surface area contributed by atoms with Crippen molar-refractivity contribution in [2.45, 2.75) is 25.9 Å². The van der Waals surface area contributed by atoms with Crippen molar-refractivity contribution in [2.24, 2.45) is 4.99 Å². The Hall–Kier alpha value is -0.180. The van der Waals surface area contributed by atoms with Crippen LogP contribution in [0.25, 0.3) is 0 Å². The van der Waals surface area contributed by atoms with Crippen molar-refractivity contribution in [3.63, 3.8) is 0 Å². The molecule has 1 unspecified atom stereocenters. The topological polar surface area (TPSA) is 56.7 Å². The number of nitrogens with zero attached hydrogens (tertiary/aromatic N) is 1. The largest absolute Gasteiger partial charge is 0.386 e. The smallest absolute Gasteiger partial charge is 0.191 e. The molecule has 7 heteroatoms. The molecule has 0 spiro atoms. The monoisotopic (exact) mass is 471 g/mol. The van der Waals surface area contributed by atoms with Gasteiger partial charge in [0.15, 0.2) is 5.96 Å². The standard InChI is InChI=1S/C16H26ClN3OS.HI/c1-3-18-16(19-10-4-5-11-22-2)20-12-15(21)13-6-8-14(17)9-7-13;/h6-9,15,21H,3-5,10-12H2,1-2H3,(H2,18,19,20);1H.